The van der Waals surface area contributed by atoms with Gasteiger partial charge >= 0.3 is 0 Å². The lowest BCUT2D eigenvalue weighted by molar-refractivity contribution is 0.0496. The van der Waals surface area contributed by atoms with Crippen LogP contribution in [0.4, 0.5) is 5.82 Å². The van der Waals surface area contributed by atoms with Crippen LogP contribution in [-0.4, -0.2) is 36.3 Å². The number of halogens is 2. The first kappa shape index (κ1) is 14.8. The van der Waals surface area contributed by atoms with Crippen molar-refractivity contribution in [3.63, 3.8) is 0 Å². The molecular weight excluding hydrogens is 309 g/mol. The molecule has 1 saturated heterocycles. The summed E-state index contributed by atoms with van der Waals surface area (Å²) in [6.45, 7) is 4.01. The molecule has 4 nitrogen and oxygen atoms in total. The molecule has 1 aromatic heterocycles. The lowest BCUT2D eigenvalue weighted by atomic mass is 9.96. The lowest BCUT2D eigenvalue weighted by Crippen LogP contribution is -2.44. The predicted octanol–water partition coefficient (Wildman–Crippen LogP) is 3.80. The number of hydrogen-bond acceptors (Lipinski definition) is 4. The third-order valence-electron chi connectivity index (χ3n) is 4.09. The zero-order valence-electron chi connectivity index (χ0n) is 12.0. The first-order valence-electron chi connectivity index (χ1n) is 6.98. The third kappa shape index (κ3) is 2.93. The number of piperidine rings is 1. The minimum Gasteiger partial charge on any atom is -0.379 e. The quantitative estimate of drug-likeness (QED) is 0.841. The van der Waals surface area contributed by atoms with E-state index in [9.17, 15) is 0 Å². The van der Waals surface area contributed by atoms with Gasteiger partial charge in [0.1, 0.15) is 5.82 Å². The molecular formula is C15H17Cl2N3O. The van der Waals surface area contributed by atoms with Crippen LogP contribution in [0.5, 0.6) is 0 Å². The Kier molecular flexibility index (Phi) is 4.20. The fourth-order valence-corrected chi connectivity index (χ4v) is 3.02. The number of benzene rings is 1. The molecule has 0 N–H and O–H groups in total. The largest absolute Gasteiger partial charge is 0.379 e. The van der Waals surface area contributed by atoms with Crippen molar-refractivity contribution in [3.05, 3.63) is 28.4 Å². The average Bonchev–Trinajstić information content (AvgIpc) is 2.48. The maximum Gasteiger partial charge on any atom is 0.147 e. The van der Waals surface area contributed by atoms with E-state index in [0.29, 0.717) is 16.0 Å². The van der Waals surface area contributed by atoms with Gasteiger partial charge in [0.15, 0.2) is 0 Å². The fourth-order valence-electron chi connectivity index (χ4n) is 2.70. The maximum atomic E-state index is 6.06. The molecule has 0 aliphatic carbocycles. The minimum atomic E-state index is 0.227. The van der Waals surface area contributed by atoms with Gasteiger partial charge in [-0.1, -0.05) is 30.1 Å². The smallest absolute Gasteiger partial charge is 0.147 e. The first-order chi connectivity index (χ1) is 10.1. The Hall–Kier alpha value is -1.10. The van der Waals surface area contributed by atoms with E-state index in [1.807, 2.05) is 0 Å². The molecule has 1 aliphatic heterocycles. The number of anilines is 1. The van der Waals surface area contributed by atoms with Crippen LogP contribution >= 0.6 is 23.2 Å². The van der Waals surface area contributed by atoms with Crippen molar-refractivity contribution in [2.75, 3.05) is 25.1 Å². The Balaban J connectivity index is 1.92. The molecule has 1 aromatic carbocycles. The van der Waals surface area contributed by atoms with E-state index in [-0.39, 0.29) is 6.10 Å². The summed E-state index contributed by atoms with van der Waals surface area (Å²) in [5.74, 6) is 1.42. The van der Waals surface area contributed by atoms with Gasteiger partial charge in [-0.3, -0.25) is 4.98 Å². The van der Waals surface area contributed by atoms with Crippen LogP contribution in [0, 0.1) is 5.92 Å². The number of methoxy groups -OCH3 is 1. The van der Waals surface area contributed by atoms with Crippen molar-refractivity contribution in [2.45, 2.75) is 19.4 Å². The van der Waals surface area contributed by atoms with E-state index >= 15 is 0 Å². The summed E-state index contributed by atoms with van der Waals surface area (Å²) in [4.78, 5) is 11.3. The zero-order chi connectivity index (χ0) is 15.0. The van der Waals surface area contributed by atoms with Crippen LogP contribution in [0.15, 0.2) is 18.3 Å². The number of aromatic nitrogens is 2. The molecule has 0 spiro atoms. The van der Waals surface area contributed by atoms with Gasteiger partial charge in [-0.25, -0.2) is 4.98 Å². The standard InChI is InChI=1S/C15H17Cl2N3O/c1-9-3-4-20(8-14(9)21-2)15-7-18-12-5-10(16)11(17)6-13(12)19-15/h5-7,9,14H,3-4,8H2,1-2H3. The number of hydrogen-bond donors (Lipinski definition) is 0. The van der Waals surface area contributed by atoms with Crippen LogP contribution in [-0.2, 0) is 4.74 Å². The Morgan fingerprint density at radius 2 is 1.95 bits per heavy atom. The van der Waals surface area contributed by atoms with E-state index in [1.165, 1.54) is 0 Å². The highest BCUT2D eigenvalue weighted by molar-refractivity contribution is 6.42. The Morgan fingerprint density at radius 3 is 2.67 bits per heavy atom. The first-order valence-corrected chi connectivity index (χ1v) is 7.73. The summed E-state index contributed by atoms with van der Waals surface area (Å²) in [7, 11) is 1.76. The molecule has 0 radical (unpaired) electrons. The molecule has 2 heterocycles. The monoisotopic (exact) mass is 325 g/mol. The van der Waals surface area contributed by atoms with Gasteiger partial charge in [0.25, 0.3) is 0 Å². The SMILES string of the molecule is COC1CN(c2cnc3cc(Cl)c(Cl)cc3n2)CCC1C. The summed E-state index contributed by atoms with van der Waals surface area (Å²) in [5.41, 5.74) is 1.51. The van der Waals surface area contributed by atoms with Crippen molar-refractivity contribution >= 4 is 40.1 Å². The highest BCUT2D eigenvalue weighted by atomic mass is 35.5. The summed E-state index contributed by atoms with van der Waals surface area (Å²) in [5, 5.41) is 0.995. The zero-order valence-corrected chi connectivity index (χ0v) is 13.5. The second-order valence-corrected chi connectivity index (χ2v) is 6.28. The summed E-state index contributed by atoms with van der Waals surface area (Å²) in [6.07, 6.45) is 3.10. The number of fused-ring (bicyclic) bond motifs is 1. The van der Waals surface area contributed by atoms with E-state index in [1.54, 1.807) is 25.4 Å². The van der Waals surface area contributed by atoms with Crippen LogP contribution in [0.2, 0.25) is 10.0 Å². The molecule has 0 amide bonds. The molecule has 21 heavy (non-hydrogen) atoms. The molecule has 0 bridgehead atoms. The van der Waals surface area contributed by atoms with Crippen molar-refractivity contribution in [2.24, 2.45) is 5.92 Å². The van der Waals surface area contributed by atoms with Crippen molar-refractivity contribution in [1.82, 2.24) is 9.97 Å². The van der Waals surface area contributed by atoms with E-state index in [4.69, 9.17) is 27.9 Å². The normalized spacial score (nSPS) is 22.8. The lowest BCUT2D eigenvalue weighted by Gasteiger charge is -2.36. The molecule has 1 aliphatic rings. The number of ether oxygens (including phenoxy) is 1. The van der Waals surface area contributed by atoms with E-state index < -0.39 is 0 Å². The van der Waals surface area contributed by atoms with Crippen molar-refractivity contribution < 1.29 is 4.74 Å². The molecule has 1 fully saturated rings. The van der Waals surface area contributed by atoms with Gasteiger partial charge in [0.2, 0.25) is 0 Å². The van der Waals surface area contributed by atoms with Crippen LogP contribution in [0.25, 0.3) is 11.0 Å². The highest BCUT2D eigenvalue weighted by Crippen LogP contribution is 2.28. The van der Waals surface area contributed by atoms with Crippen molar-refractivity contribution in [3.8, 4) is 0 Å². The number of rotatable bonds is 2. The molecule has 2 aromatic rings. The molecule has 6 heteroatoms. The fraction of sp³-hybridized carbons (Fsp3) is 0.467. The van der Waals surface area contributed by atoms with Gasteiger partial charge in [-0.2, -0.15) is 0 Å². The van der Waals surface area contributed by atoms with Crippen LogP contribution in [0.1, 0.15) is 13.3 Å². The third-order valence-corrected chi connectivity index (χ3v) is 4.81. The van der Waals surface area contributed by atoms with Crippen LogP contribution in [0.3, 0.4) is 0 Å². The molecule has 2 unspecified atom stereocenters. The molecule has 3 rings (SSSR count). The molecule has 112 valence electrons. The maximum absolute atomic E-state index is 6.06. The number of nitrogens with zero attached hydrogens (tertiary/aromatic N) is 3. The van der Waals surface area contributed by atoms with Gasteiger partial charge in [-0.15, -0.1) is 0 Å². The second-order valence-electron chi connectivity index (χ2n) is 5.47. The van der Waals surface area contributed by atoms with E-state index in [2.05, 4.69) is 21.8 Å². The van der Waals surface area contributed by atoms with Gasteiger partial charge in [-0.05, 0) is 24.5 Å². The molecule has 0 saturated carbocycles. The van der Waals surface area contributed by atoms with Gasteiger partial charge in [0, 0.05) is 20.2 Å². The highest BCUT2D eigenvalue weighted by Gasteiger charge is 2.27. The minimum absolute atomic E-state index is 0.227. The van der Waals surface area contributed by atoms with Crippen LogP contribution < -0.4 is 4.90 Å². The Labute approximate surface area is 134 Å². The van der Waals surface area contributed by atoms with Crippen molar-refractivity contribution in [1.29, 1.82) is 0 Å². The summed E-state index contributed by atoms with van der Waals surface area (Å²) >= 11 is 12.1. The Morgan fingerprint density at radius 1 is 1.24 bits per heavy atom. The van der Waals surface area contributed by atoms with Gasteiger partial charge < -0.3 is 9.64 Å². The topological polar surface area (TPSA) is 38.2 Å². The Bertz CT molecular complexity index is 665. The predicted molar refractivity (Wildman–Crippen MR) is 86.3 cm³/mol. The second kappa shape index (κ2) is 5.95. The van der Waals surface area contributed by atoms with E-state index in [0.717, 1.165) is 36.4 Å². The summed E-state index contributed by atoms with van der Waals surface area (Å²) < 4.78 is 5.55. The molecule has 2 atom stereocenters. The van der Waals surface area contributed by atoms with Gasteiger partial charge in [0.05, 0.1) is 33.4 Å². The average molecular weight is 326 g/mol. The summed E-state index contributed by atoms with van der Waals surface area (Å²) in [6, 6.07) is 3.50.